The average molecular weight is 349 g/mol. The van der Waals surface area contributed by atoms with Gasteiger partial charge in [0.1, 0.15) is 11.5 Å². The minimum atomic E-state index is -0.639. The molecule has 2 aromatic carbocycles. The van der Waals surface area contributed by atoms with Gasteiger partial charge in [0, 0.05) is 6.07 Å². The Balaban J connectivity index is 2.25. The van der Waals surface area contributed by atoms with E-state index in [0.29, 0.717) is 0 Å². The summed E-state index contributed by atoms with van der Waals surface area (Å²) in [5.41, 5.74) is 0.0224. The summed E-state index contributed by atoms with van der Waals surface area (Å²) in [5, 5.41) is 24.7. The topological polar surface area (TPSA) is 89.4 Å². The highest BCUT2D eigenvalue weighted by Gasteiger charge is 2.26. The zero-order chi connectivity index (χ0) is 17.3. The molecule has 3 rings (SSSR count). The second-order valence-corrected chi connectivity index (χ2v) is 5.28. The maximum absolute atomic E-state index is 14.1. The van der Waals surface area contributed by atoms with E-state index < -0.39 is 17.3 Å². The number of aromatic nitrogens is 1. The smallest absolute Gasteiger partial charge is 0.280 e. The molecule has 8 heteroatoms. The minimum absolute atomic E-state index is 0.000815. The van der Waals surface area contributed by atoms with Crippen LogP contribution in [-0.2, 0) is 6.61 Å². The highest BCUT2D eigenvalue weighted by Crippen LogP contribution is 2.39. The van der Waals surface area contributed by atoms with Crippen LogP contribution in [0.4, 0.5) is 10.1 Å². The molecule has 0 unspecified atom stereocenters. The Morgan fingerprint density at radius 1 is 1.25 bits per heavy atom. The van der Waals surface area contributed by atoms with Gasteiger partial charge >= 0.3 is 0 Å². The van der Waals surface area contributed by atoms with E-state index in [1.54, 1.807) is 6.07 Å². The molecule has 1 N–H and O–H groups in total. The number of hydrogen-bond acceptors (Lipinski definition) is 5. The summed E-state index contributed by atoms with van der Waals surface area (Å²) in [6, 6.07) is 9.96. The predicted molar refractivity (Wildman–Crippen MR) is 84.9 cm³/mol. The van der Waals surface area contributed by atoms with Gasteiger partial charge in [-0.2, -0.15) is 0 Å². The molecule has 6 nitrogen and oxygen atoms in total. The lowest BCUT2D eigenvalue weighted by Gasteiger charge is -2.05. The van der Waals surface area contributed by atoms with Crippen molar-refractivity contribution in [2.24, 2.45) is 0 Å². The number of nitro benzene ring substituents is 1. The second-order valence-electron chi connectivity index (χ2n) is 4.87. The van der Waals surface area contributed by atoms with Gasteiger partial charge in [0.25, 0.3) is 5.69 Å². The Bertz CT molecular complexity index is 906. The van der Waals surface area contributed by atoms with E-state index in [-0.39, 0.29) is 38.9 Å². The summed E-state index contributed by atoms with van der Waals surface area (Å²) in [5.74, 6) is -0.640. The summed E-state index contributed by atoms with van der Waals surface area (Å²) in [6.45, 7) is -0.551. The van der Waals surface area contributed by atoms with Gasteiger partial charge in [0.15, 0.2) is 5.76 Å². The first-order chi connectivity index (χ1) is 11.5. The van der Waals surface area contributed by atoms with E-state index in [4.69, 9.17) is 16.1 Å². The van der Waals surface area contributed by atoms with Crippen LogP contribution in [-0.4, -0.2) is 15.2 Å². The molecule has 1 heterocycles. The van der Waals surface area contributed by atoms with Crippen molar-refractivity contribution < 1.29 is 18.9 Å². The standard InChI is InChI=1S/C16H10ClFN2O4/c17-11-5-3-6-12(18)14(11)15-10(8-21)16(24-19-15)9-4-1-2-7-13(9)20(22)23/h1-7,21H,8H2. The molecular formula is C16H10ClFN2O4. The van der Waals surface area contributed by atoms with Gasteiger partial charge in [-0.3, -0.25) is 10.1 Å². The van der Waals surface area contributed by atoms with Gasteiger partial charge in [0.05, 0.1) is 33.2 Å². The monoisotopic (exact) mass is 348 g/mol. The van der Waals surface area contributed by atoms with Crippen molar-refractivity contribution >= 4 is 17.3 Å². The van der Waals surface area contributed by atoms with E-state index in [1.807, 2.05) is 0 Å². The van der Waals surface area contributed by atoms with Crippen molar-refractivity contribution in [1.82, 2.24) is 5.16 Å². The third-order valence-corrected chi connectivity index (χ3v) is 3.81. The lowest BCUT2D eigenvalue weighted by atomic mass is 10.0. The Labute approximate surface area is 140 Å². The molecule has 0 atom stereocenters. The Kier molecular flexibility index (Phi) is 4.28. The molecule has 0 aliphatic heterocycles. The Morgan fingerprint density at radius 3 is 2.67 bits per heavy atom. The molecule has 0 bridgehead atoms. The van der Waals surface area contributed by atoms with Crippen LogP contribution in [0, 0.1) is 15.9 Å². The van der Waals surface area contributed by atoms with Crippen molar-refractivity contribution in [1.29, 1.82) is 0 Å². The first-order valence-corrected chi connectivity index (χ1v) is 7.20. The van der Waals surface area contributed by atoms with Gasteiger partial charge in [0.2, 0.25) is 0 Å². The van der Waals surface area contributed by atoms with Crippen molar-refractivity contribution in [2.75, 3.05) is 0 Å². The predicted octanol–water partition coefficient (Wildman–Crippen LogP) is 4.20. The second kappa shape index (κ2) is 6.38. The summed E-state index contributed by atoms with van der Waals surface area (Å²) < 4.78 is 19.3. The van der Waals surface area contributed by atoms with E-state index in [9.17, 15) is 19.6 Å². The van der Waals surface area contributed by atoms with Crippen LogP contribution >= 0.6 is 11.6 Å². The molecule has 122 valence electrons. The maximum Gasteiger partial charge on any atom is 0.280 e. The van der Waals surface area contributed by atoms with Crippen LogP contribution in [0.2, 0.25) is 5.02 Å². The lowest BCUT2D eigenvalue weighted by molar-refractivity contribution is -0.384. The number of halogens is 2. The van der Waals surface area contributed by atoms with Gasteiger partial charge in [-0.1, -0.05) is 35.0 Å². The average Bonchev–Trinajstić information content (AvgIpc) is 2.98. The zero-order valence-corrected chi connectivity index (χ0v) is 12.8. The fourth-order valence-corrected chi connectivity index (χ4v) is 2.67. The molecule has 0 amide bonds. The van der Waals surface area contributed by atoms with Crippen molar-refractivity contribution in [3.05, 3.63) is 69.0 Å². The summed E-state index contributed by atoms with van der Waals surface area (Å²) in [7, 11) is 0. The molecule has 0 aliphatic rings. The first-order valence-electron chi connectivity index (χ1n) is 6.82. The van der Waals surface area contributed by atoms with E-state index >= 15 is 0 Å². The molecule has 0 spiro atoms. The molecule has 0 saturated heterocycles. The van der Waals surface area contributed by atoms with Crippen LogP contribution in [0.25, 0.3) is 22.6 Å². The fraction of sp³-hybridized carbons (Fsp3) is 0.0625. The van der Waals surface area contributed by atoms with Crippen molar-refractivity contribution in [3.8, 4) is 22.6 Å². The zero-order valence-electron chi connectivity index (χ0n) is 12.1. The van der Waals surface area contributed by atoms with E-state index in [0.717, 1.165) is 0 Å². The molecule has 1 aromatic heterocycles. The molecule has 0 radical (unpaired) electrons. The summed E-state index contributed by atoms with van der Waals surface area (Å²) >= 11 is 6.02. The molecular weight excluding hydrogens is 339 g/mol. The SMILES string of the molecule is O=[N+]([O-])c1ccccc1-c1onc(-c2c(F)cccc2Cl)c1CO. The largest absolute Gasteiger partial charge is 0.391 e. The highest BCUT2D eigenvalue weighted by molar-refractivity contribution is 6.33. The quantitative estimate of drug-likeness (QED) is 0.563. The maximum atomic E-state index is 14.1. The summed E-state index contributed by atoms with van der Waals surface area (Å²) in [6.07, 6.45) is 0. The normalized spacial score (nSPS) is 10.8. The molecule has 0 aliphatic carbocycles. The third kappa shape index (κ3) is 2.64. The Morgan fingerprint density at radius 2 is 2.00 bits per heavy atom. The van der Waals surface area contributed by atoms with Crippen LogP contribution in [0.15, 0.2) is 47.0 Å². The molecule has 0 fully saturated rings. The van der Waals surface area contributed by atoms with Crippen LogP contribution < -0.4 is 0 Å². The van der Waals surface area contributed by atoms with Crippen LogP contribution in [0.5, 0.6) is 0 Å². The summed E-state index contributed by atoms with van der Waals surface area (Å²) in [4.78, 5) is 10.6. The number of nitrogens with zero attached hydrogens (tertiary/aromatic N) is 2. The van der Waals surface area contributed by atoms with Gasteiger partial charge in [-0.15, -0.1) is 0 Å². The number of aliphatic hydroxyl groups is 1. The molecule has 0 saturated carbocycles. The number of rotatable bonds is 4. The minimum Gasteiger partial charge on any atom is -0.391 e. The van der Waals surface area contributed by atoms with Crippen molar-refractivity contribution in [2.45, 2.75) is 6.61 Å². The Hall–Kier alpha value is -2.77. The first kappa shape index (κ1) is 16.1. The molecule has 3 aromatic rings. The fourth-order valence-electron chi connectivity index (χ4n) is 2.41. The van der Waals surface area contributed by atoms with Gasteiger partial charge in [-0.05, 0) is 18.2 Å². The third-order valence-electron chi connectivity index (χ3n) is 3.49. The van der Waals surface area contributed by atoms with Gasteiger partial charge in [-0.25, -0.2) is 4.39 Å². The number of nitro groups is 1. The van der Waals surface area contributed by atoms with Gasteiger partial charge < -0.3 is 9.63 Å². The number of aliphatic hydroxyl groups excluding tert-OH is 1. The van der Waals surface area contributed by atoms with Crippen LogP contribution in [0.3, 0.4) is 0 Å². The number of para-hydroxylation sites is 1. The number of hydrogen-bond donors (Lipinski definition) is 1. The van der Waals surface area contributed by atoms with Crippen molar-refractivity contribution in [3.63, 3.8) is 0 Å². The lowest BCUT2D eigenvalue weighted by Crippen LogP contribution is -1.95. The van der Waals surface area contributed by atoms with E-state index in [2.05, 4.69) is 5.16 Å². The highest BCUT2D eigenvalue weighted by atomic mass is 35.5. The molecule has 24 heavy (non-hydrogen) atoms. The van der Waals surface area contributed by atoms with E-state index in [1.165, 1.54) is 36.4 Å². The van der Waals surface area contributed by atoms with Crippen LogP contribution in [0.1, 0.15) is 5.56 Å². The number of benzene rings is 2.